The van der Waals surface area contributed by atoms with Crippen molar-refractivity contribution in [3.63, 3.8) is 0 Å². The van der Waals surface area contributed by atoms with E-state index < -0.39 is 0 Å². The molecule has 124 valence electrons. The van der Waals surface area contributed by atoms with Gasteiger partial charge in [0.2, 0.25) is 5.91 Å². The van der Waals surface area contributed by atoms with Crippen LogP contribution in [0.25, 0.3) is 0 Å². The lowest BCUT2D eigenvalue weighted by molar-refractivity contribution is -0.113. The Morgan fingerprint density at radius 2 is 2.12 bits per heavy atom. The maximum absolute atomic E-state index is 12.8. The number of likely N-dealkylation sites (N-methyl/N-ethyl adjacent to an activating group) is 1. The summed E-state index contributed by atoms with van der Waals surface area (Å²) in [6, 6.07) is 7.16. The molecule has 2 aromatic rings. The normalized spacial score (nSPS) is 16.9. The van der Waals surface area contributed by atoms with Crippen LogP contribution >= 0.6 is 11.3 Å². The van der Waals surface area contributed by atoms with E-state index in [9.17, 15) is 9.59 Å². The molecule has 1 aliphatic rings. The number of nitrogens with zero attached hydrogens (tertiary/aromatic N) is 3. The van der Waals surface area contributed by atoms with Crippen molar-refractivity contribution in [2.75, 3.05) is 18.5 Å². The van der Waals surface area contributed by atoms with Gasteiger partial charge in [-0.25, -0.2) is 4.98 Å². The van der Waals surface area contributed by atoms with Crippen molar-refractivity contribution in [2.45, 2.75) is 18.9 Å². The second-order valence-corrected chi connectivity index (χ2v) is 6.60. The largest absolute Gasteiger partial charge is 0.329 e. The smallest absolute Gasteiger partial charge is 0.254 e. The third-order valence-corrected chi connectivity index (χ3v) is 5.13. The van der Waals surface area contributed by atoms with E-state index in [1.165, 1.54) is 11.0 Å². The number of carbonyl (C=O) groups is 2. The molecule has 0 bridgehead atoms. The van der Waals surface area contributed by atoms with E-state index in [1.807, 2.05) is 10.3 Å². The van der Waals surface area contributed by atoms with E-state index in [2.05, 4.69) is 11.6 Å². The molecular weight excluding hydrogens is 322 g/mol. The third-order valence-electron chi connectivity index (χ3n) is 4.26. The van der Waals surface area contributed by atoms with Crippen LogP contribution in [-0.4, -0.2) is 35.3 Å². The average molecular weight is 341 g/mol. The van der Waals surface area contributed by atoms with Gasteiger partial charge in [0.05, 0.1) is 6.04 Å². The molecule has 5 nitrogen and oxygen atoms in total. The molecule has 1 unspecified atom stereocenters. The minimum absolute atomic E-state index is 0.0111. The Morgan fingerprint density at radius 3 is 2.75 bits per heavy atom. The summed E-state index contributed by atoms with van der Waals surface area (Å²) in [6.45, 7) is 4.23. The highest BCUT2D eigenvalue weighted by molar-refractivity contribution is 7.09. The van der Waals surface area contributed by atoms with Gasteiger partial charge in [0.25, 0.3) is 5.91 Å². The van der Waals surface area contributed by atoms with Crippen molar-refractivity contribution in [1.82, 2.24) is 9.88 Å². The molecule has 3 rings (SSSR count). The number of carbonyl (C=O) groups excluding carboxylic acids is 2. The summed E-state index contributed by atoms with van der Waals surface area (Å²) in [7, 11) is 1.68. The Labute approximate surface area is 145 Å². The number of likely N-dealkylation sites (tertiary alicyclic amines) is 1. The van der Waals surface area contributed by atoms with Crippen molar-refractivity contribution < 1.29 is 9.59 Å². The Morgan fingerprint density at radius 1 is 1.38 bits per heavy atom. The maximum Gasteiger partial charge on any atom is 0.254 e. The minimum atomic E-state index is -0.183. The van der Waals surface area contributed by atoms with Crippen LogP contribution in [0.15, 0.2) is 48.5 Å². The first-order valence-electron chi connectivity index (χ1n) is 7.82. The fraction of sp³-hybridized carbons (Fsp3) is 0.278. The van der Waals surface area contributed by atoms with Gasteiger partial charge in [0.15, 0.2) is 0 Å². The van der Waals surface area contributed by atoms with Gasteiger partial charge in [-0.15, -0.1) is 11.3 Å². The van der Waals surface area contributed by atoms with Gasteiger partial charge >= 0.3 is 0 Å². The van der Waals surface area contributed by atoms with Crippen molar-refractivity contribution in [3.8, 4) is 0 Å². The van der Waals surface area contributed by atoms with Crippen molar-refractivity contribution in [2.24, 2.45) is 0 Å². The highest BCUT2D eigenvalue weighted by atomic mass is 32.1. The lowest BCUT2D eigenvalue weighted by atomic mass is 10.1. The Bertz CT molecular complexity index is 740. The zero-order chi connectivity index (χ0) is 17.1. The fourth-order valence-electron chi connectivity index (χ4n) is 2.92. The van der Waals surface area contributed by atoms with E-state index in [4.69, 9.17) is 0 Å². The van der Waals surface area contributed by atoms with Gasteiger partial charge in [0, 0.05) is 36.4 Å². The Hall–Kier alpha value is -2.47. The zero-order valence-corrected chi connectivity index (χ0v) is 14.3. The monoisotopic (exact) mass is 341 g/mol. The predicted molar refractivity (Wildman–Crippen MR) is 95.2 cm³/mol. The SMILES string of the molecule is C=CC(=O)N(C)c1ccc(C(=O)N2CCCC2c2nccs2)cc1. The van der Waals surface area contributed by atoms with Crippen LogP contribution in [0.2, 0.25) is 0 Å². The number of thiazole rings is 1. The summed E-state index contributed by atoms with van der Waals surface area (Å²) in [4.78, 5) is 32.2. The van der Waals surface area contributed by atoms with Crippen molar-refractivity contribution in [3.05, 3.63) is 59.1 Å². The molecule has 0 radical (unpaired) electrons. The van der Waals surface area contributed by atoms with E-state index in [0.29, 0.717) is 5.56 Å². The summed E-state index contributed by atoms with van der Waals surface area (Å²) in [5.74, 6) is -0.172. The Kier molecular flexibility index (Phi) is 4.76. The number of anilines is 1. The third kappa shape index (κ3) is 3.10. The van der Waals surface area contributed by atoms with Crippen LogP contribution in [0.4, 0.5) is 5.69 Å². The van der Waals surface area contributed by atoms with Crippen LogP contribution in [0.5, 0.6) is 0 Å². The van der Waals surface area contributed by atoms with Crippen molar-refractivity contribution >= 4 is 28.8 Å². The molecule has 2 heterocycles. The quantitative estimate of drug-likeness (QED) is 0.802. The van der Waals surface area contributed by atoms with Gasteiger partial charge in [-0.2, -0.15) is 0 Å². The highest BCUT2D eigenvalue weighted by Crippen LogP contribution is 2.34. The molecule has 1 fully saturated rings. The number of hydrogen-bond donors (Lipinski definition) is 0. The highest BCUT2D eigenvalue weighted by Gasteiger charge is 2.32. The number of hydrogen-bond acceptors (Lipinski definition) is 4. The molecule has 0 spiro atoms. The first-order chi connectivity index (χ1) is 11.6. The second kappa shape index (κ2) is 6.97. The second-order valence-electron chi connectivity index (χ2n) is 5.68. The molecule has 2 amide bonds. The molecule has 0 saturated carbocycles. The number of amides is 2. The van der Waals surface area contributed by atoms with Gasteiger partial charge < -0.3 is 9.80 Å². The zero-order valence-electron chi connectivity index (χ0n) is 13.5. The van der Waals surface area contributed by atoms with E-state index in [-0.39, 0.29) is 17.9 Å². The summed E-state index contributed by atoms with van der Waals surface area (Å²) >= 11 is 1.59. The molecule has 24 heavy (non-hydrogen) atoms. The number of rotatable bonds is 4. The fourth-order valence-corrected chi connectivity index (χ4v) is 3.71. The van der Waals surface area contributed by atoms with E-state index in [1.54, 1.807) is 48.8 Å². The molecule has 1 aromatic carbocycles. The van der Waals surface area contributed by atoms with Crippen molar-refractivity contribution in [1.29, 1.82) is 0 Å². The van der Waals surface area contributed by atoms with Gasteiger partial charge in [-0.1, -0.05) is 6.58 Å². The number of aromatic nitrogens is 1. The lowest BCUT2D eigenvalue weighted by Gasteiger charge is -2.23. The Balaban J connectivity index is 1.77. The molecule has 1 saturated heterocycles. The molecular formula is C18H19N3O2S. The van der Waals surface area contributed by atoms with Crippen LogP contribution in [-0.2, 0) is 4.79 Å². The lowest BCUT2D eigenvalue weighted by Crippen LogP contribution is -2.30. The van der Waals surface area contributed by atoms with Gasteiger partial charge in [-0.05, 0) is 43.2 Å². The summed E-state index contributed by atoms with van der Waals surface area (Å²) in [6.07, 6.45) is 4.99. The number of benzene rings is 1. The van der Waals surface area contributed by atoms with Gasteiger partial charge in [-0.3, -0.25) is 9.59 Å². The summed E-state index contributed by atoms with van der Waals surface area (Å²) < 4.78 is 0. The topological polar surface area (TPSA) is 53.5 Å². The molecule has 1 atom stereocenters. The molecule has 1 aliphatic heterocycles. The minimum Gasteiger partial charge on any atom is -0.329 e. The standard InChI is InChI=1S/C18H19N3O2S/c1-3-16(22)20(2)14-8-6-13(7-9-14)18(23)21-11-4-5-15(21)17-19-10-12-24-17/h3,6-10,12,15H,1,4-5,11H2,2H3. The van der Waals surface area contributed by atoms with Crippen LogP contribution in [0.1, 0.15) is 34.2 Å². The predicted octanol–water partition coefficient (Wildman–Crippen LogP) is 3.27. The maximum atomic E-state index is 12.8. The molecule has 0 N–H and O–H groups in total. The van der Waals surface area contributed by atoms with Crippen LogP contribution in [0.3, 0.4) is 0 Å². The van der Waals surface area contributed by atoms with Crippen LogP contribution in [0, 0.1) is 0 Å². The first-order valence-corrected chi connectivity index (χ1v) is 8.70. The van der Waals surface area contributed by atoms with E-state index >= 15 is 0 Å². The summed E-state index contributed by atoms with van der Waals surface area (Å²) in [5.41, 5.74) is 1.36. The summed E-state index contributed by atoms with van der Waals surface area (Å²) in [5, 5.41) is 2.94. The molecule has 0 aliphatic carbocycles. The molecule has 6 heteroatoms. The first kappa shape index (κ1) is 16.4. The average Bonchev–Trinajstić information content (AvgIpc) is 3.30. The van der Waals surface area contributed by atoms with E-state index in [0.717, 1.165) is 30.1 Å². The van der Waals surface area contributed by atoms with Crippen LogP contribution < -0.4 is 4.90 Å². The molecule has 1 aromatic heterocycles. The van der Waals surface area contributed by atoms with Gasteiger partial charge in [0.1, 0.15) is 5.01 Å².